The normalized spacial score (nSPS) is 13.4. The third-order valence-corrected chi connectivity index (χ3v) is 4.63. The van der Waals surface area contributed by atoms with Gasteiger partial charge in [0.1, 0.15) is 6.54 Å². The van der Waals surface area contributed by atoms with Crippen LogP contribution in [-0.4, -0.2) is 23.3 Å². The number of non-ortho nitro benzene ring substituents is 1. The fourth-order valence-corrected chi connectivity index (χ4v) is 3.28. The first-order valence-electron chi connectivity index (χ1n) is 8.83. The molecule has 27 heavy (non-hydrogen) atoms. The predicted molar refractivity (Wildman–Crippen MR) is 103 cm³/mol. The van der Waals surface area contributed by atoms with Crippen molar-refractivity contribution >= 4 is 28.9 Å². The van der Waals surface area contributed by atoms with Gasteiger partial charge in [-0.25, -0.2) is 0 Å². The van der Waals surface area contributed by atoms with E-state index in [0.717, 1.165) is 11.3 Å². The molecule has 0 radical (unpaired) electrons. The summed E-state index contributed by atoms with van der Waals surface area (Å²) in [5, 5.41) is 13.8. The third kappa shape index (κ3) is 3.97. The quantitative estimate of drug-likeness (QED) is 0.645. The Morgan fingerprint density at radius 1 is 1.22 bits per heavy atom. The number of hydrogen-bond acceptors (Lipinski definition) is 4. The van der Waals surface area contributed by atoms with Crippen molar-refractivity contribution in [3.63, 3.8) is 0 Å². The molecule has 2 aromatic carbocycles. The number of para-hydroxylation sites is 1. The fourth-order valence-electron chi connectivity index (χ4n) is 3.28. The molecule has 1 N–H and O–H groups in total. The number of fused-ring (bicyclic) bond motifs is 1. The highest BCUT2D eigenvalue weighted by Gasteiger charge is 2.27. The molecule has 0 atom stereocenters. The van der Waals surface area contributed by atoms with Crippen molar-refractivity contribution in [2.45, 2.75) is 32.6 Å². The Bertz CT molecular complexity index is 908. The molecule has 0 aliphatic carbocycles. The SMILES string of the molecule is CC(C)c1ccccc1NC(=O)CN1C(=O)CCc2cc([N+](=O)[O-])ccc21. The first-order chi connectivity index (χ1) is 12.9. The van der Waals surface area contributed by atoms with Crippen molar-refractivity contribution in [2.75, 3.05) is 16.8 Å². The van der Waals surface area contributed by atoms with Gasteiger partial charge >= 0.3 is 0 Å². The predicted octanol–water partition coefficient (Wildman–Crippen LogP) is 3.64. The number of nitrogens with one attached hydrogen (secondary N) is 1. The molecule has 0 bridgehead atoms. The van der Waals surface area contributed by atoms with E-state index in [1.165, 1.54) is 17.0 Å². The van der Waals surface area contributed by atoms with E-state index in [1.54, 1.807) is 6.07 Å². The number of amides is 2. The van der Waals surface area contributed by atoms with Gasteiger partial charge in [-0.15, -0.1) is 0 Å². The van der Waals surface area contributed by atoms with Crippen LogP contribution in [-0.2, 0) is 16.0 Å². The maximum atomic E-state index is 12.6. The molecule has 0 saturated heterocycles. The fraction of sp³-hybridized carbons (Fsp3) is 0.300. The molecule has 1 aliphatic rings. The number of rotatable bonds is 5. The molecule has 0 aromatic heterocycles. The molecule has 0 spiro atoms. The zero-order chi connectivity index (χ0) is 19.6. The number of benzene rings is 2. The molecule has 2 aromatic rings. The summed E-state index contributed by atoms with van der Waals surface area (Å²) >= 11 is 0. The van der Waals surface area contributed by atoms with Crippen LogP contribution in [0.3, 0.4) is 0 Å². The monoisotopic (exact) mass is 367 g/mol. The van der Waals surface area contributed by atoms with E-state index >= 15 is 0 Å². The lowest BCUT2D eigenvalue weighted by Crippen LogP contribution is -2.41. The first kappa shape index (κ1) is 18.6. The van der Waals surface area contributed by atoms with Gasteiger partial charge in [-0.05, 0) is 35.6 Å². The summed E-state index contributed by atoms with van der Waals surface area (Å²) < 4.78 is 0. The average Bonchev–Trinajstić information content (AvgIpc) is 2.63. The van der Waals surface area contributed by atoms with E-state index in [-0.39, 0.29) is 36.4 Å². The summed E-state index contributed by atoms with van der Waals surface area (Å²) in [5.74, 6) is -0.217. The molecular formula is C20H21N3O4. The molecule has 7 nitrogen and oxygen atoms in total. The number of nitrogens with zero attached hydrogens (tertiary/aromatic N) is 2. The molecule has 7 heteroatoms. The second-order valence-corrected chi connectivity index (χ2v) is 6.84. The summed E-state index contributed by atoms with van der Waals surface area (Å²) in [6.07, 6.45) is 0.661. The van der Waals surface area contributed by atoms with Crippen LogP contribution < -0.4 is 10.2 Å². The Hall–Kier alpha value is -3.22. The smallest absolute Gasteiger partial charge is 0.269 e. The maximum absolute atomic E-state index is 12.6. The van der Waals surface area contributed by atoms with Crippen LogP contribution in [0.1, 0.15) is 37.3 Å². The van der Waals surface area contributed by atoms with E-state index in [2.05, 4.69) is 5.32 Å². The van der Waals surface area contributed by atoms with Gasteiger partial charge in [0.2, 0.25) is 11.8 Å². The Morgan fingerprint density at radius 3 is 2.67 bits per heavy atom. The van der Waals surface area contributed by atoms with Crippen LogP contribution in [0, 0.1) is 10.1 Å². The van der Waals surface area contributed by atoms with E-state index in [9.17, 15) is 19.7 Å². The zero-order valence-electron chi connectivity index (χ0n) is 15.3. The highest BCUT2D eigenvalue weighted by atomic mass is 16.6. The first-order valence-corrected chi connectivity index (χ1v) is 8.83. The number of carbonyl (C=O) groups excluding carboxylic acids is 2. The molecule has 0 saturated carbocycles. The molecular weight excluding hydrogens is 346 g/mol. The van der Waals surface area contributed by atoms with Gasteiger partial charge in [-0.2, -0.15) is 0 Å². The summed E-state index contributed by atoms with van der Waals surface area (Å²) in [6.45, 7) is 3.96. The Morgan fingerprint density at radius 2 is 1.96 bits per heavy atom. The molecule has 0 fully saturated rings. The second-order valence-electron chi connectivity index (χ2n) is 6.84. The number of nitro benzene ring substituents is 1. The van der Waals surface area contributed by atoms with Crippen molar-refractivity contribution in [1.29, 1.82) is 0 Å². The Kier molecular flexibility index (Phi) is 5.21. The lowest BCUT2D eigenvalue weighted by molar-refractivity contribution is -0.384. The van der Waals surface area contributed by atoms with Gasteiger partial charge in [0.05, 0.1) is 4.92 Å². The average molecular weight is 367 g/mol. The van der Waals surface area contributed by atoms with E-state index in [0.29, 0.717) is 17.7 Å². The van der Waals surface area contributed by atoms with Crippen molar-refractivity contribution in [1.82, 2.24) is 0 Å². The summed E-state index contributed by atoms with van der Waals surface area (Å²) in [4.78, 5) is 36.8. The number of aryl methyl sites for hydroxylation is 1. The van der Waals surface area contributed by atoms with Crippen LogP contribution in [0.25, 0.3) is 0 Å². The minimum absolute atomic E-state index is 0.0154. The molecule has 140 valence electrons. The van der Waals surface area contributed by atoms with Gasteiger partial charge in [-0.1, -0.05) is 32.0 Å². The topological polar surface area (TPSA) is 92.6 Å². The van der Waals surface area contributed by atoms with Crippen LogP contribution in [0.15, 0.2) is 42.5 Å². The standard InChI is InChI=1S/C20H21N3O4/c1-13(2)16-5-3-4-6-17(16)21-19(24)12-22-18-9-8-15(23(26)27)11-14(18)7-10-20(22)25/h3-6,8-9,11,13H,7,10,12H2,1-2H3,(H,21,24). The van der Waals surface area contributed by atoms with Crippen molar-refractivity contribution in [3.05, 3.63) is 63.7 Å². The molecule has 1 heterocycles. The minimum atomic E-state index is -0.462. The van der Waals surface area contributed by atoms with Crippen LogP contribution in [0.2, 0.25) is 0 Å². The van der Waals surface area contributed by atoms with Gasteiger partial charge in [0.25, 0.3) is 5.69 Å². The van der Waals surface area contributed by atoms with Gasteiger partial charge in [-0.3, -0.25) is 19.7 Å². The zero-order valence-corrected chi connectivity index (χ0v) is 15.3. The minimum Gasteiger partial charge on any atom is -0.324 e. The number of hydrogen-bond donors (Lipinski definition) is 1. The van der Waals surface area contributed by atoms with Crippen molar-refractivity contribution < 1.29 is 14.5 Å². The van der Waals surface area contributed by atoms with Crippen molar-refractivity contribution in [3.8, 4) is 0 Å². The van der Waals surface area contributed by atoms with Crippen LogP contribution >= 0.6 is 0 Å². The number of carbonyl (C=O) groups is 2. The Labute approximate surface area is 157 Å². The number of anilines is 2. The maximum Gasteiger partial charge on any atom is 0.269 e. The van der Waals surface area contributed by atoms with Gasteiger partial charge in [0, 0.05) is 29.9 Å². The second kappa shape index (κ2) is 7.57. The third-order valence-electron chi connectivity index (χ3n) is 4.63. The number of nitro groups is 1. The molecule has 3 rings (SSSR count). The van der Waals surface area contributed by atoms with Crippen LogP contribution in [0.5, 0.6) is 0 Å². The molecule has 2 amide bonds. The molecule has 1 aliphatic heterocycles. The van der Waals surface area contributed by atoms with Gasteiger partial charge in [0.15, 0.2) is 0 Å². The molecule has 0 unspecified atom stereocenters. The van der Waals surface area contributed by atoms with E-state index in [4.69, 9.17) is 0 Å². The lowest BCUT2D eigenvalue weighted by Gasteiger charge is -2.29. The van der Waals surface area contributed by atoms with Crippen LogP contribution in [0.4, 0.5) is 17.1 Å². The van der Waals surface area contributed by atoms with E-state index in [1.807, 2.05) is 38.1 Å². The largest absolute Gasteiger partial charge is 0.324 e. The van der Waals surface area contributed by atoms with Crippen molar-refractivity contribution in [2.24, 2.45) is 0 Å². The highest BCUT2D eigenvalue weighted by Crippen LogP contribution is 2.31. The van der Waals surface area contributed by atoms with Gasteiger partial charge < -0.3 is 10.2 Å². The van der Waals surface area contributed by atoms with E-state index < -0.39 is 4.92 Å². The lowest BCUT2D eigenvalue weighted by atomic mass is 10.00. The summed E-state index contributed by atoms with van der Waals surface area (Å²) in [6, 6.07) is 11.9. The summed E-state index contributed by atoms with van der Waals surface area (Å²) in [5.41, 5.74) is 3.00. The Balaban J connectivity index is 1.81. The highest BCUT2D eigenvalue weighted by molar-refractivity contribution is 6.04. The summed E-state index contributed by atoms with van der Waals surface area (Å²) in [7, 11) is 0.